The van der Waals surface area contributed by atoms with Gasteiger partial charge in [0.2, 0.25) is 0 Å². The molecule has 2 nitrogen and oxygen atoms in total. The number of hydrogen-bond donors (Lipinski definition) is 0. The summed E-state index contributed by atoms with van der Waals surface area (Å²) >= 11 is 0. The minimum atomic E-state index is -0.504. The van der Waals surface area contributed by atoms with Crippen molar-refractivity contribution < 1.29 is 26.4 Å². The molecule has 6 aromatic carbocycles. The van der Waals surface area contributed by atoms with Crippen LogP contribution in [0.15, 0.2) is 93.8 Å². The zero-order valence-electron chi connectivity index (χ0n) is 19.4. The van der Waals surface area contributed by atoms with Gasteiger partial charge in [0.1, 0.15) is 45.6 Å². The summed E-state index contributed by atoms with van der Waals surface area (Å²) in [7, 11) is 0. The van der Waals surface area contributed by atoms with Crippen LogP contribution >= 0.6 is 0 Å². The smallest absolute Gasteiger partial charge is 0.146 e. The predicted molar refractivity (Wildman–Crippen MR) is 141 cm³/mol. The van der Waals surface area contributed by atoms with E-state index < -0.39 is 23.3 Å². The van der Waals surface area contributed by atoms with Crippen molar-refractivity contribution in [1.29, 1.82) is 0 Å². The average molecular weight is 506 g/mol. The first-order valence-electron chi connectivity index (χ1n) is 11.9. The largest absolute Gasteiger partial charge is 0.455 e. The van der Waals surface area contributed by atoms with E-state index in [2.05, 4.69) is 0 Å². The quantitative estimate of drug-likeness (QED) is 0.207. The molecule has 6 heteroatoms. The molecule has 8 aromatic rings. The molecule has 0 spiro atoms. The van der Waals surface area contributed by atoms with Crippen LogP contribution in [0.4, 0.5) is 17.6 Å². The van der Waals surface area contributed by atoms with E-state index in [1.165, 1.54) is 36.4 Å². The third kappa shape index (κ3) is 2.88. The van der Waals surface area contributed by atoms with E-state index in [4.69, 9.17) is 8.83 Å². The number of hydrogen-bond acceptors (Lipinski definition) is 2. The molecule has 0 amide bonds. The zero-order valence-corrected chi connectivity index (χ0v) is 19.4. The average Bonchev–Trinajstić information content (AvgIpc) is 3.47. The first-order chi connectivity index (χ1) is 18.4. The molecule has 0 atom stereocenters. The lowest BCUT2D eigenvalue weighted by atomic mass is 9.99. The van der Waals surface area contributed by atoms with Crippen LogP contribution < -0.4 is 0 Å². The van der Waals surface area contributed by atoms with Gasteiger partial charge < -0.3 is 8.83 Å². The van der Waals surface area contributed by atoms with Crippen LogP contribution in [-0.4, -0.2) is 0 Å². The fraction of sp³-hybridized carbons (Fsp3) is 0. The van der Waals surface area contributed by atoms with E-state index in [9.17, 15) is 8.78 Å². The molecule has 8 rings (SSSR count). The van der Waals surface area contributed by atoms with E-state index in [0.29, 0.717) is 65.4 Å². The van der Waals surface area contributed by atoms with Crippen molar-refractivity contribution in [2.24, 2.45) is 0 Å². The predicted octanol–water partition coefficient (Wildman–Crippen LogP) is 10.0. The summed E-state index contributed by atoms with van der Waals surface area (Å²) in [5.74, 6) is -1.91. The second kappa shape index (κ2) is 7.35. The highest BCUT2D eigenvalue weighted by atomic mass is 19.1. The Morgan fingerprint density at radius 3 is 1.32 bits per heavy atom. The monoisotopic (exact) mass is 506 g/mol. The van der Waals surface area contributed by atoms with Gasteiger partial charge in [-0.15, -0.1) is 0 Å². The number of furan rings is 2. The molecule has 0 radical (unpaired) electrons. The standard InChI is InChI=1S/C32H14F4O2/c33-19-3-5-21-17(9-19)13-25(35)29-23-11-15(1-7-27(23)37-31(21)29)16-2-8-28-24(12-16)30-26(36)14-18-10-20(34)4-6-22(18)32(30)38-28/h1-14H. The van der Waals surface area contributed by atoms with Crippen molar-refractivity contribution in [3.63, 3.8) is 0 Å². The Bertz CT molecular complexity index is 2130. The molecule has 2 heterocycles. The second-order valence-corrected chi connectivity index (χ2v) is 9.48. The summed E-state index contributed by atoms with van der Waals surface area (Å²) in [6.45, 7) is 0. The SMILES string of the molecule is Fc1ccc2c(c1)cc(F)c1c3cc(-c4ccc5oc6c7ccc(F)cc7cc(F)c6c5c4)ccc3oc21. The number of benzene rings is 6. The lowest BCUT2D eigenvalue weighted by Gasteiger charge is -2.03. The molecule has 2 aromatic heterocycles. The Labute approximate surface area is 211 Å². The van der Waals surface area contributed by atoms with Crippen molar-refractivity contribution >= 4 is 65.4 Å². The molecular formula is C32H14F4O2. The lowest BCUT2D eigenvalue weighted by molar-refractivity contribution is 0.626. The van der Waals surface area contributed by atoms with Gasteiger partial charge in [-0.2, -0.15) is 0 Å². The number of fused-ring (bicyclic) bond motifs is 10. The van der Waals surface area contributed by atoms with Crippen LogP contribution in [0.5, 0.6) is 0 Å². The second-order valence-electron chi connectivity index (χ2n) is 9.48. The van der Waals surface area contributed by atoms with Gasteiger partial charge in [-0.25, -0.2) is 17.6 Å². The van der Waals surface area contributed by atoms with E-state index in [0.717, 1.165) is 11.1 Å². The number of halogens is 4. The zero-order chi connectivity index (χ0) is 25.7. The molecule has 0 saturated carbocycles. The highest BCUT2D eigenvalue weighted by molar-refractivity contribution is 6.17. The van der Waals surface area contributed by atoms with Crippen molar-refractivity contribution in [2.75, 3.05) is 0 Å². The molecule has 0 bridgehead atoms. The third-order valence-corrected chi connectivity index (χ3v) is 7.27. The van der Waals surface area contributed by atoms with E-state index >= 15 is 8.78 Å². The summed E-state index contributed by atoms with van der Waals surface area (Å²) in [5, 5.41) is 3.88. The molecule has 0 aliphatic rings. The summed E-state index contributed by atoms with van der Waals surface area (Å²) < 4.78 is 69.9. The van der Waals surface area contributed by atoms with Crippen LogP contribution in [0.3, 0.4) is 0 Å². The normalized spacial score (nSPS) is 12.2. The summed E-state index contributed by atoms with van der Waals surface area (Å²) in [5.41, 5.74) is 3.26. The molecular weight excluding hydrogens is 492 g/mol. The lowest BCUT2D eigenvalue weighted by Crippen LogP contribution is -1.83. The van der Waals surface area contributed by atoms with Crippen molar-refractivity contribution in [2.45, 2.75) is 0 Å². The van der Waals surface area contributed by atoms with E-state index in [-0.39, 0.29) is 0 Å². The Kier molecular flexibility index (Phi) is 4.12. The van der Waals surface area contributed by atoms with Gasteiger partial charge in [-0.1, -0.05) is 12.1 Å². The minimum absolute atomic E-state index is 0.320. The minimum Gasteiger partial charge on any atom is -0.455 e. The molecule has 38 heavy (non-hydrogen) atoms. The highest BCUT2D eigenvalue weighted by Crippen LogP contribution is 2.41. The maximum Gasteiger partial charge on any atom is 0.146 e. The molecule has 0 aliphatic carbocycles. The van der Waals surface area contributed by atoms with Gasteiger partial charge in [0, 0.05) is 21.5 Å². The maximum absolute atomic E-state index is 15.2. The Morgan fingerprint density at radius 1 is 0.421 bits per heavy atom. The van der Waals surface area contributed by atoms with Crippen LogP contribution in [0.25, 0.3) is 76.5 Å². The molecule has 0 saturated heterocycles. The Morgan fingerprint density at radius 2 is 0.868 bits per heavy atom. The van der Waals surface area contributed by atoms with Gasteiger partial charge in [-0.3, -0.25) is 0 Å². The summed E-state index contributed by atoms with van der Waals surface area (Å²) in [6.07, 6.45) is 0. The molecule has 0 unspecified atom stereocenters. The maximum atomic E-state index is 15.2. The van der Waals surface area contributed by atoms with Crippen LogP contribution in [0, 0.1) is 23.3 Å². The molecule has 182 valence electrons. The van der Waals surface area contributed by atoms with E-state index in [1.54, 1.807) is 24.3 Å². The van der Waals surface area contributed by atoms with Crippen LogP contribution in [-0.2, 0) is 0 Å². The van der Waals surface area contributed by atoms with Gasteiger partial charge in [-0.05, 0) is 94.7 Å². The van der Waals surface area contributed by atoms with Gasteiger partial charge in [0.05, 0.1) is 10.8 Å². The highest BCUT2D eigenvalue weighted by Gasteiger charge is 2.19. The first-order valence-corrected chi connectivity index (χ1v) is 11.9. The first kappa shape index (κ1) is 21.3. The third-order valence-electron chi connectivity index (χ3n) is 7.27. The molecule has 0 aliphatic heterocycles. The number of rotatable bonds is 1. The fourth-order valence-electron chi connectivity index (χ4n) is 5.54. The van der Waals surface area contributed by atoms with Crippen molar-refractivity contribution in [3.8, 4) is 11.1 Å². The Hall–Kier alpha value is -4.84. The van der Waals surface area contributed by atoms with Crippen LogP contribution in [0.1, 0.15) is 0 Å². The van der Waals surface area contributed by atoms with E-state index in [1.807, 2.05) is 24.3 Å². The fourth-order valence-corrected chi connectivity index (χ4v) is 5.54. The van der Waals surface area contributed by atoms with Gasteiger partial charge >= 0.3 is 0 Å². The Balaban J connectivity index is 1.36. The summed E-state index contributed by atoms with van der Waals surface area (Å²) in [6, 6.07) is 21.9. The van der Waals surface area contributed by atoms with Gasteiger partial charge in [0.25, 0.3) is 0 Å². The van der Waals surface area contributed by atoms with Gasteiger partial charge in [0.15, 0.2) is 0 Å². The molecule has 0 N–H and O–H groups in total. The van der Waals surface area contributed by atoms with Crippen LogP contribution in [0.2, 0.25) is 0 Å². The molecule has 0 fully saturated rings. The summed E-state index contributed by atoms with van der Waals surface area (Å²) in [4.78, 5) is 0. The van der Waals surface area contributed by atoms with Crippen molar-refractivity contribution in [1.82, 2.24) is 0 Å². The topological polar surface area (TPSA) is 26.3 Å². The van der Waals surface area contributed by atoms with Crippen molar-refractivity contribution in [3.05, 3.63) is 108 Å².